The van der Waals surface area contributed by atoms with Crippen molar-refractivity contribution in [3.8, 4) is 0 Å². The van der Waals surface area contributed by atoms with Crippen molar-refractivity contribution in [3.05, 3.63) is 50.7 Å². The van der Waals surface area contributed by atoms with Crippen LogP contribution in [-0.2, 0) is 23.9 Å². The minimum Gasteiger partial charge on any atom is -0.324 e. The zero-order valence-electron chi connectivity index (χ0n) is 13.4. The summed E-state index contributed by atoms with van der Waals surface area (Å²) in [7, 11) is 0. The highest BCUT2D eigenvalue weighted by Crippen LogP contribution is 2.36. The maximum absolute atomic E-state index is 13.1. The van der Waals surface area contributed by atoms with Gasteiger partial charge in [-0.05, 0) is 48.6 Å². The first-order valence-electron chi connectivity index (χ1n) is 7.72. The maximum atomic E-state index is 13.1. The fourth-order valence-electron chi connectivity index (χ4n) is 2.86. The Bertz CT molecular complexity index is 790. The van der Waals surface area contributed by atoms with E-state index in [1.807, 2.05) is 16.3 Å². The second-order valence-electron chi connectivity index (χ2n) is 5.94. The van der Waals surface area contributed by atoms with Crippen molar-refractivity contribution in [2.45, 2.75) is 32.1 Å². The monoisotopic (exact) mass is 388 g/mol. The first kappa shape index (κ1) is 18.2. The summed E-state index contributed by atoms with van der Waals surface area (Å²) in [6, 6.07) is 4.82. The lowest BCUT2D eigenvalue weighted by atomic mass is 10.1. The molecule has 0 bridgehead atoms. The normalized spacial score (nSPS) is 16.4. The van der Waals surface area contributed by atoms with E-state index in [9.17, 15) is 18.0 Å². The van der Waals surface area contributed by atoms with Crippen molar-refractivity contribution < 1.29 is 18.0 Å². The number of nitrogens with zero attached hydrogens (tertiary/aromatic N) is 1. The van der Waals surface area contributed by atoms with Crippen LogP contribution in [0.25, 0.3) is 0 Å². The number of hydrogen-bond acceptors (Lipinski definition) is 3. The molecule has 1 aromatic heterocycles. The van der Waals surface area contributed by atoms with Crippen LogP contribution in [0.15, 0.2) is 29.6 Å². The van der Waals surface area contributed by atoms with Crippen LogP contribution < -0.4 is 5.32 Å². The predicted octanol–water partition coefficient (Wildman–Crippen LogP) is 4.81. The molecule has 0 saturated heterocycles. The number of hydrogen-bond donors (Lipinski definition) is 1. The highest BCUT2D eigenvalue weighted by Gasteiger charge is 2.35. The second kappa shape index (κ2) is 6.97. The van der Waals surface area contributed by atoms with Gasteiger partial charge < -0.3 is 5.32 Å². The van der Waals surface area contributed by atoms with E-state index in [1.54, 1.807) is 18.3 Å². The molecule has 1 aliphatic rings. The topological polar surface area (TPSA) is 32.3 Å². The van der Waals surface area contributed by atoms with Gasteiger partial charge in [-0.25, -0.2) is 0 Å². The van der Waals surface area contributed by atoms with E-state index in [4.69, 9.17) is 11.6 Å². The summed E-state index contributed by atoms with van der Waals surface area (Å²) in [5.74, 6) is -0.466. The molecule has 0 fully saturated rings. The van der Waals surface area contributed by atoms with Crippen LogP contribution in [0.3, 0.4) is 0 Å². The number of carbonyl (C=O) groups excluding carboxylic acids is 1. The largest absolute Gasteiger partial charge is 0.418 e. The molecule has 1 N–H and O–H groups in total. The molecule has 1 atom stereocenters. The number of nitrogens with one attached hydrogen (secondary N) is 1. The van der Waals surface area contributed by atoms with Gasteiger partial charge in [0.25, 0.3) is 0 Å². The molecule has 0 unspecified atom stereocenters. The minimum atomic E-state index is -4.59. The Labute approximate surface area is 152 Å². The van der Waals surface area contributed by atoms with Gasteiger partial charge in [-0.15, -0.1) is 11.3 Å². The van der Waals surface area contributed by atoms with Crippen LogP contribution in [0.5, 0.6) is 0 Å². The minimum absolute atomic E-state index is 0.0283. The van der Waals surface area contributed by atoms with Crippen LogP contribution >= 0.6 is 22.9 Å². The third-order valence-electron chi connectivity index (χ3n) is 4.31. The van der Waals surface area contributed by atoms with Gasteiger partial charge in [0.1, 0.15) is 0 Å². The molecule has 0 spiro atoms. The first-order chi connectivity index (χ1) is 11.8. The average molecular weight is 389 g/mol. The molecule has 8 heteroatoms. The Morgan fingerprint density at radius 1 is 1.36 bits per heavy atom. The SMILES string of the molecule is C[C@H](C(=O)Nc1ccc(Cl)cc1C(F)(F)F)N1CCc2sccc2C1. The van der Waals surface area contributed by atoms with E-state index in [0.717, 1.165) is 12.5 Å². The molecular weight excluding hydrogens is 373 g/mol. The summed E-state index contributed by atoms with van der Waals surface area (Å²) in [6.07, 6.45) is -3.74. The van der Waals surface area contributed by atoms with Crippen LogP contribution in [0.1, 0.15) is 22.9 Å². The third kappa shape index (κ3) is 3.99. The average Bonchev–Trinajstić information content (AvgIpc) is 3.02. The van der Waals surface area contributed by atoms with Crippen molar-refractivity contribution in [2.75, 3.05) is 11.9 Å². The zero-order valence-corrected chi connectivity index (χ0v) is 14.9. The number of thiophene rings is 1. The number of fused-ring (bicyclic) bond motifs is 1. The molecule has 25 heavy (non-hydrogen) atoms. The Balaban J connectivity index is 1.75. The van der Waals surface area contributed by atoms with Crippen molar-refractivity contribution in [1.82, 2.24) is 4.90 Å². The van der Waals surface area contributed by atoms with E-state index >= 15 is 0 Å². The summed E-state index contributed by atoms with van der Waals surface area (Å²) in [5, 5.41) is 4.39. The summed E-state index contributed by atoms with van der Waals surface area (Å²) in [4.78, 5) is 15.7. The van der Waals surface area contributed by atoms with Gasteiger partial charge in [0.05, 0.1) is 17.3 Å². The lowest BCUT2D eigenvalue weighted by Gasteiger charge is -2.31. The number of rotatable bonds is 3. The number of carbonyl (C=O) groups is 1. The lowest BCUT2D eigenvalue weighted by molar-refractivity contribution is -0.137. The van der Waals surface area contributed by atoms with E-state index in [0.29, 0.717) is 13.1 Å². The van der Waals surface area contributed by atoms with Crippen molar-refractivity contribution >= 4 is 34.5 Å². The smallest absolute Gasteiger partial charge is 0.324 e. The van der Waals surface area contributed by atoms with Gasteiger partial charge in [-0.2, -0.15) is 13.2 Å². The molecule has 2 heterocycles. The highest BCUT2D eigenvalue weighted by molar-refractivity contribution is 7.10. The quantitative estimate of drug-likeness (QED) is 0.818. The summed E-state index contributed by atoms with van der Waals surface area (Å²) < 4.78 is 39.4. The van der Waals surface area contributed by atoms with E-state index in [1.165, 1.54) is 22.6 Å². The third-order valence-corrected chi connectivity index (χ3v) is 5.57. The molecule has 1 aromatic carbocycles. The Hall–Kier alpha value is -1.57. The Kier molecular flexibility index (Phi) is 5.09. The molecule has 1 aliphatic heterocycles. The molecule has 3 rings (SSSR count). The standard InChI is InChI=1S/C17H16ClF3N2OS/c1-10(23-6-4-15-11(9-23)5-7-25-15)16(24)22-14-3-2-12(18)8-13(14)17(19,20)21/h2-3,5,7-8,10H,4,6,9H2,1H3,(H,22,24)/t10-/m1/s1. The molecule has 0 radical (unpaired) electrons. The summed E-state index contributed by atoms with van der Waals surface area (Å²) >= 11 is 7.35. The number of amides is 1. The van der Waals surface area contributed by atoms with E-state index in [2.05, 4.69) is 5.32 Å². The first-order valence-corrected chi connectivity index (χ1v) is 8.98. The number of anilines is 1. The van der Waals surface area contributed by atoms with Crippen LogP contribution in [0, 0.1) is 0 Å². The molecule has 2 aromatic rings. The Morgan fingerprint density at radius 2 is 2.12 bits per heavy atom. The number of benzene rings is 1. The molecule has 134 valence electrons. The predicted molar refractivity (Wildman–Crippen MR) is 93.0 cm³/mol. The van der Waals surface area contributed by atoms with Crippen LogP contribution in [-0.4, -0.2) is 23.4 Å². The summed E-state index contributed by atoms with van der Waals surface area (Å²) in [5.41, 5.74) is -0.0420. The van der Waals surface area contributed by atoms with Crippen LogP contribution in [0.2, 0.25) is 5.02 Å². The van der Waals surface area contributed by atoms with Gasteiger partial charge in [-0.1, -0.05) is 11.6 Å². The second-order valence-corrected chi connectivity index (χ2v) is 7.38. The molecule has 3 nitrogen and oxygen atoms in total. The maximum Gasteiger partial charge on any atom is 0.418 e. The van der Waals surface area contributed by atoms with Gasteiger partial charge in [0.2, 0.25) is 5.91 Å². The summed E-state index contributed by atoms with van der Waals surface area (Å²) in [6.45, 7) is 3.03. The fourth-order valence-corrected chi connectivity index (χ4v) is 3.93. The van der Waals surface area contributed by atoms with Crippen molar-refractivity contribution in [2.24, 2.45) is 0 Å². The molecule has 0 saturated carbocycles. The molecule has 0 aliphatic carbocycles. The van der Waals surface area contributed by atoms with Crippen molar-refractivity contribution in [3.63, 3.8) is 0 Å². The Morgan fingerprint density at radius 3 is 2.84 bits per heavy atom. The van der Waals surface area contributed by atoms with Gasteiger partial charge in [0.15, 0.2) is 0 Å². The van der Waals surface area contributed by atoms with Gasteiger partial charge in [-0.3, -0.25) is 9.69 Å². The molecule has 1 amide bonds. The van der Waals surface area contributed by atoms with E-state index in [-0.39, 0.29) is 10.7 Å². The van der Waals surface area contributed by atoms with E-state index < -0.39 is 23.7 Å². The fraction of sp³-hybridized carbons (Fsp3) is 0.353. The highest BCUT2D eigenvalue weighted by atomic mass is 35.5. The number of halogens is 4. The van der Waals surface area contributed by atoms with Gasteiger partial charge >= 0.3 is 6.18 Å². The molecular formula is C17H16ClF3N2OS. The van der Waals surface area contributed by atoms with Gasteiger partial charge in [0, 0.05) is 23.0 Å². The lowest BCUT2D eigenvalue weighted by Crippen LogP contribution is -2.44. The number of alkyl halides is 3. The van der Waals surface area contributed by atoms with Crippen molar-refractivity contribution in [1.29, 1.82) is 0 Å². The zero-order chi connectivity index (χ0) is 18.2. The van der Waals surface area contributed by atoms with Crippen LogP contribution in [0.4, 0.5) is 18.9 Å².